The summed E-state index contributed by atoms with van der Waals surface area (Å²) in [7, 11) is -1.92. The molecule has 2 aromatic carbocycles. The largest absolute Gasteiger partial charge is 0.465 e. The number of hydrogen-bond donors (Lipinski definition) is 0. The van der Waals surface area contributed by atoms with Gasteiger partial charge in [-0.25, -0.2) is 13.2 Å². The highest BCUT2D eigenvalue weighted by Gasteiger charge is 2.15. The van der Waals surface area contributed by atoms with Crippen LogP contribution in [0.1, 0.15) is 21.5 Å². The molecule has 0 aliphatic heterocycles. The smallest absolute Gasteiger partial charge is 0.337 e. The van der Waals surface area contributed by atoms with Gasteiger partial charge >= 0.3 is 5.97 Å². The minimum absolute atomic E-state index is 0.124. The highest BCUT2D eigenvalue weighted by atomic mass is 32.2. The Morgan fingerprint density at radius 3 is 2.36 bits per heavy atom. The normalized spacial score (nSPS) is 11.2. The molecule has 0 bridgehead atoms. The van der Waals surface area contributed by atoms with Crippen molar-refractivity contribution in [3.05, 3.63) is 59.2 Å². The van der Waals surface area contributed by atoms with Crippen LogP contribution in [-0.4, -0.2) is 27.8 Å². The standard InChI is InChI=1S/C17H18O4S/c1-12-6-4-5-7-15(12)16-9-8-13(17(18)21-2)10-14(16)11-22(3,19)20/h4-10H,11H2,1-3H3. The molecule has 0 spiro atoms. The van der Waals surface area contributed by atoms with E-state index in [0.29, 0.717) is 11.1 Å². The van der Waals surface area contributed by atoms with Crippen molar-refractivity contribution in [2.75, 3.05) is 13.4 Å². The number of ether oxygens (including phenoxy) is 1. The van der Waals surface area contributed by atoms with Gasteiger partial charge in [-0.3, -0.25) is 0 Å². The number of sulfone groups is 1. The minimum atomic E-state index is -3.22. The van der Waals surface area contributed by atoms with Gasteiger partial charge in [0.2, 0.25) is 0 Å². The number of esters is 1. The van der Waals surface area contributed by atoms with Crippen molar-refractivity contribution >= 4 is 15.8 Å². The molecule has 2 rings (SSSR count). The number of aryl methyl sites for hydroxylation is 1. The zero-order chi connectivity index (χ0) is 16.3. The highest BCUT2D eigenvalue weighted by Crippen LogP contribution is 2.29. The van der Waals surface area contributed by atoms with Gasteiger partial charge in [0, 0.05) is 6.26 Å². The Kier molecular flexibility index (Phi) is 4.66. The van der Waals surface area contributed by atoms with Gasteiger partial charge < -0.3 is 4.74 Å². The van der Waals surface area contributed by atoms with Crippen molar-refractivity contribution in [3.63, 3.8) is 0 Å². The van der Waals surface area contributed by atoms with E-state index in [0.717, 1.165) is 16.7 Å². The highest BCUT2D eigenvalue weighted by molar-refractivity contribution is 7.89. The topological polar surface area (TPSA) is 60.4 Å². The third kappa shape index (κ3) is 3.74. The number of carbonyl (C=O) groups is 1. The Morgan fingerprint density at radius 2 is 1.77 bits per heavy atom. The van der Waals surface area contributed by atoms with Crippen molar-refractivity contribution < 1.29 is 17.9 Å². The Balaban J connectivity index is 2.63. The molecular formula is C17H18O4S. The van der Waals surface area contributed by atoms with Crippen LogP contribution in [0.2, 0.25) is 0 Å². The zero-order valence-corrected chi connectivity index (χ0v) is 13.6. The maximum atomic E-state index is 11.7. The molecule has 0 aromatic heterocycles. The molecule has 2 aromatic rings. The maximum Gasteiger partial charge on any atom is 0.337 e. The van der Waals surface area contributed by atoms with Crippen LogP contribution in [0, 0.1) is 6.92 Å². The fourth-order valence-electron chi connectivity index (χ4n) is 2.38. The lowest BCUT2D eigenvalue weighted by atomic mass is 9.95. The SMILES string of the molecule is COC(=O)c1ccc(-c2ccccc2C)c(CS(C)(=O)=O)c1. The lowest BCUT2D eigenvalue weighted by molar-refractivity contribution is 0.0600. The summed E-state index contributed by atoms with van der Waals surface area (Å²) in [6.45, 7) is 1.97. The van der Waals surface area contributed by atoms with E-state index in [9.17, 15) is 13.2 Å². The molecule has 0 atom stereocenters. The number of methoxy groups -OCH3 is 1. The van der Waals surface area contributed by atoms with Crippen LogP contribution in [0.15, 0.2) is 42.5 Å². The van der Waals surface area contributed by atoms with E-state index in [1.54, 1.807) is 18.2 Å². The first-order valence-corrected chi connectivity index (χ1v) is 8.83. The van der Waals surface area contributed by atoms with Gasteiger partial charge in [0.05, 0.1) is 18.4 Å². The second kappa shape index (κ2) is 6.32. The first-order valence-electron chi connectivity index (χ1n) is 6.77. The first kappa shape index (κ1) is 16.2. The second-order valence-corrected chi connectivity index (χ2v) is 7.39. The second-order valence-electron chi connectivity index (χ2n) is 5.25. The molecule has 0 saturated carbocycles. The van der Waals surface area contributed by atoms with Crippen LogP contribution < -0.4 is 0 Å². The zero-order valence-electron chi connectivity index (χ0n) is 12.8. The number of rotatable bonds is 4. The van der Waals surface area contributed by atoms with Gasteiger partial charge in [0.1, 0.15) is 0 Å². The summed E-state index contributed by atoms with van der Waals surface area (Å²) in [5, 5.41) is 0. The van der Waals surface area contributed by atoms with Crippen molar-refractivity contribution in [1.82, 2.24) is 0 Å². The molecule has 0 unspecified atom stereocenters. The quantitative estimate of drug-likeness (QED) is 0.813. The van der Waals surface area contributed by atoms with Crippen LogP contribution in [0.5, 0.6) is 0 Å². The summed E-state index contributed by atoms with van der Waals surface area (Å²) in [5.41, 5.74) is 3.76. The number of carbonyl (C=O) groups excluding carboxylic acids is 1. The van der Waals surface area contributed by atoms with Gasteiger partial charge in [-0.05, 0) is 41.3 Å². The van der Waals surface area contributed by atoms with E-state index in [1.165, 1.54) is 13.4 Å². The Morgan fingerprint density at radius 1 is 1.09 bits per heavy atom. The molecule has 0 aliphatic carbocycles. The molecule has 0 amide bonds. The maximum absolute atomic E-state index is 11.7. The lowest BCUT2D eigenvalue weighted by Gasteiger charge is -2.13. The summed E-state index contributed by atoms with van der Waals surface area (Å²) in [6, 6.07) is 12.8. The molecule has 0 aliphatic rings. The molecule has 0 radical (unpaired) electrons. The molecule has 5 heteroatoms. The summed E-state index contributed by atoms with van der Waals surface area (Å²) >= 11 is 0. The monoisotopic (exact) mass is 318 g/mol. The van der Waals surface area contributed by atoms with Gasteiger partial charge in [-0.15, -0.1) is 0 Å². The van der Waals surface area contributed by atoms with Crippen LogP contribution in [-0.2, 0) is 20.3 Å². The van der Waals surface area contributed by atoms with Crippen LogP contribution in [0.3, 0.4) is 0 Å². The van der Waals surface area contributed by atoms with E-state index in [1.807, 2.05) is 31.2 Å². The van der Waals surface area contributed by atoms with E-state index in [2.05, 4.69) is 0 Å². The third-order valence-electron chi connectivity index (χ3n) is 3.38. The molecule has 0 fully saturated rings. The van der Waals surface area contributed by atoms with Crippen molar-refractivity contribution in [1.29, 1.82) is 0 Å². The molecule has 4 nitrogen and oxygen atoms in total. The van der Waals surface area contributed by atoms with Crippen LogP contribution in [0.25, 0.3) is 11.1 Å². The van der Waals surface area contributed by atoms with Crippen molar-refractivity contribution in [2.24, 2.45) is 0 Å². The van der Waals surface area contributed by atoms with Crippen molar-refractivity contribution in [3.8, 4) is 11.1 Å². The van der Waals surface area contributed by atoms with Gasteiger partial charge in [-0.1, -0.05) is 30.3 Å². The summed E-state index contributed by atoms with van der Waals surface area (Å²) < 4.78 is 28.1. The molecule has 22 heavy (non-hydrogen) atoms. The van der Waals surface area contributed by atoms with E-state index in [-0.39, 0.29) is 5.75 Å². The number of hydrogen-bond acceptors (Lipinski definition) is 4. The van der Waals surface area contributed by atoms with Gasteiger partial charge in [-0.2, -0.15) is 0 Å². The van der Waals surface area contributed by atoms with Crippen LogP contribution in [0.4, 0.5) is 0 Å². The van der Waals surface area contributed by atoms with E-state index < -0.39 is 15.8 Å². The summed E-state index contributed by atoms with van der Waals surface area (Å²) in [5.74, 6) is -0.604. The molecule has 116 valence electrons. The molecule has 0 saturated heterocycles. The van der Waals surface area contributed by atoms with E-state index >= 15 is 0 Å². The summed E-state index contributed by atoms with van der Waals surface area (Å²) in [6.07, 6.45) is 1.18. The van der Waals surface area contributed by atoms with Crippen LogP contribution >= 0.6 is 0 Å². The molecule has 0 heterocycles. The lowest BCUT2D eigenvalue weighted by Crippen LogP contribution is -2.07. The van der Waals surface area contributed by atoms with Gasteiger partial charge in [0.15, 0.2) is 9.84 Å². The minimum Gasteiger partial charge on any atom is -0.465 e. The fourth-order valence-corrected chi connectivity index (χ4v) is 3.18. The van der Waals surface area contributed by atoms with Crippen molar-refractivity contribution in [2.45, 2.75) is 12.7 Å². The molecular weight excluding hydrogens is 300 g/mol. The Hall–Kier alpha value is -2.14. The third-order valence-corrected chi connectivity index (χ3v) is 4.21. The number of benzene rings is 2. The van der Waals surface area contributed by atoms with E-state index in [4.69, 9.17) is 4.74 Å². The average molecular weight is 318 g/mol. The Labute approximate surface area is 130 Å². The predicted molar refractivity (Wildman–Crippen MR) is 86.5 cm³/mol. The molecule has 0 N–H and O–H groups in total. The van der Waals surface area contributed by atoms with Gasteiger partial charge in [0.25, 0.3) is 0 Å². The average Bonchev–Trinajstić information content (AvgIpc) is 2.45. The Bertz CT molecular complexity index is 807. The first-order chi connectivity index (χ1) is 10.3. The fraction of sp³-hybridized carbons (Fsp3) is 0.235. The predicted octanol–water partition coefficient (Wildman–Crippen LogP) is 2.99. The summed E-state index contributed by atoms with van der Waals surface area (Å²) in [4.78, 5) is 11.7.